The Balaban J connectivity index is 1.66. The molecule has 1 aromatic carbocycles. The summed E-state index contributed by atoms with van der Waals surface area (Å²) in [5.41, 5.74) is -0.0200. The number of amides is 2. The highest BCUT2D eigenvalue weighted by atomic mass is 16.7. The van der Waals surface area contributed by atoms with Crippen LogP contribution in [-0.2, 0) is 14.0 Å². The summed E-state index contributed by atoms with van der Waals surface area (Å²) in [5.74, 6) is -0.0611. The predicted octanol–water partition coefficient (Wildman–Crippen LogP) is 3.12. The van der Waals surface area contributed by atoms with Gasteiger partial charge < -0.3 is 24.3 Å². The van der Waals surface area contributed by atoms with Crippen molar-refractivity contribution >= 4 is 24.6 Å². The van der Waals surface area contributed by atoms with Crippen LogP contribution in [0.25, 0.3) is 0 Å². The van der Waals surface area contributed by atoms with Crippen LogP contribution < -0.4 is 10.8 Å². The minimum atomic E-state index is -0.553. The monoisotopic (exact) mass is 430 g/mol. The van der Waals surface area contributed by atoms with Crippen molar-refractivity contribution in [2.24, 2.45) is 0 Å². The maximum atomic E-state index is 13.2. The smallest absolute Gasteiger partial charge is 0.444 e. The van der Waals surface area contributed by atoms with Crippen LogP contribution in [0.2, 0.25) is 0 Å². The lowest BCUT2D eigenvalue weighted by atomic mass is 9.78. The van der Waals surface area contributed by atoms with Crippen LogP contribution in [0.4, 0.5) is 4.79 Å². The van der Waals surface area contributed by atoms with Gasteiger partial charge in [-0.3, -0.25) is 4.79 Å². The van der Waals surface area contributed by atoms with Crippen molar-refractivity contribution in [1.82, 2.24) is 10.2 Å². The number of benzene rings is 1. The molecule has 0 aromatic heterocycles. The van der Waals surface area contributed by atoms with E-state index in [2.05, 4.69) is 5.32 Å². The third-order valence-corrected chi connectivity index (χ3v) is 6.09. The van der Waals surface area contributed by atoms with Crippen LogP contribution in [0, 0.1) is 0 Å². The molecule has 2 aliphatic rings. The summed E-state index contributed by atoms with van der Waals surface area (Å²) in [4.78, 5) is 27.1. The van der Waals surface area contributed by atoms with E-state index in [9.17, 15) is 9.59 Å². The summed E-state index contributed by atoms with van der Waals surface area (Å²) in [7, 11) is -0.513. The van der Waals surface area contributed by atoms with Crippen molar-refractivity contribution in [2.45, 2.75) is 84.2 Å². The maximum absolute atomic E-state index is 13.2. The number of alkyl carbamates (subject to hydrolysis) is 1. The molecule has 8 heteroatoms. The Morgan fingerprint density at radius 2 is 1.81 bits per heavy atom. The number of carbonyl (C=O) groups is 2. The molecule has 2 fully saturated rings. The van der Waals surface area contributed by atoms with E-state index in [1.807, 2.05) is 72.7 Å². The molecule has 0 radical (unpaired) electrons. The van der Waals surface area contributed by atoms with Gasteiger partial charge in [-0.15, -0.1) is 0 Å². The lowest BCUT2D eigenvalue weighted by Gasteiger charge is -2.33. The molecule has 1 aromatic rings. The Morgan fingerprint density at radius 3 is 2.42 bits per heavy atom. The maximum Gasteiger partial charge on any atom is 0.494 e. The summed E-state index contributed by atoms with van der Waals surface area (Å²) < 4.78 is 17.6. The van der Waals surface area contributed by atoms with Crippen LogP contribution in [0.3, 0.4) is 0 Å². The van der Waals surface area contributed by atoms with Crippen molar-refractivity contribution in [2.75, 3.05) is 13.1 Å². The number of piperidine rings is 1. The van der Waals surface area contributed by atoms with E-state index in [4.69, 9.17) is 14.0 Å². The number of ether oxygens (including phenoxy) is 1. The molecule has 1 N–H and O–H groups in total. The number of likely N-dealkylation sites (tertiary alicyclic amines) is 1. The van der Waals surface area contributed by atoms with Crippen LogP contribution in [0.15, 0.2) is 24.3 Å². The molecule has 0 aliphatic carbocycles. The molecule has 0 unspecified atom stereocenters. The van der Waals surface area contributed by atoms with Crippen LogP contribution >= 0.6 is 0 Å². The molecule has 2 aliphatic heterocycles. The number of hydrogen-bond donors (Lipinski definition) is 1. The fourth-order valence-corrected chi connectivity index (χ4v) is 3.73. The zero-order valence-electron chi connectivity index (χ0n) is 19.8. The van der Waals surface area contributed by atoms with Crippen LogP contribution in [-0.4, -0.2) is 60.0 Å². The van der Waals surface area contributed by atoms with Crippen molar-refractivity contribution < 1.29 is 23.6 Å². The van der Waals surface area contributed by atoms with Crippen LogP contribution in [0.5, 0.6) is 0 Å². The van der Waals surface area contributed by atoms with E-state index >= 15 is 0 Å². The molecule has 7 nitrogen and oxygen atoms in total. The van der Waals surface area contributed by atoms with Crippen molar-refractivity contribution in [1.29, 1.82) is 0 Å². The summed E-state index contributed by atoms with van der Waals surface area (Å²) in [5, 5.41) is 2.89. The molecule has 2 heterocycles. The molecule has 31 heavy (non-hydrogen) atoms. The SMILES string of the molecule is CC(C)(C)OC(=O)N[C@@H]1CCCN(C(=O)c2cccc(B3OC(C)(C)C(C)(C)O3)c2)C1. The van der Waals surface area contributed by atoms with E-state index in [1.165, 1.54) is 0 Å². The lowest BCUT2D eigenvalue weighted by molar-refractivity contribution is 0.00578. The Kier molecular flexibility index (Phi) is 6.45. The van der Waals surface area contributed by atoms with Gasteiger partial charge in [0.05, 0.1) is 11.2 Å². The average molecular weight is 430 g/mol. The molecule has 0 spiro atoms. The fourth-order valence-electron chi connectivity index (χ4n) is 3.73. The lowest BCUT2D eigenvalue weighted by Crippen LogP contribution is -2.50. The first-order chi connectivity index (χ1) is 14.3. The molecule has 2 amide bonds. The molecule has 170 valence electrons. The van der Waals surface area contributed by atoms with Gasteiger partial charge in [-0.1, -0.05) is 12.1 Å². The average Bonchev–Trinajstić information content (AvgIpc) is 2.87. The fraction of sp³-hybridized carbons (Fsp3) is 0.652. The van der Waals surface area contributed by atoms with E-state index in [1.54, 1.807) is 4.90 Å². The summed E-state index contributed by atoms with van der Waals surface area (Å²) in [6, 6.07) is 7.30. The quantitative estimate of drug-likeness (QED) is 0.746. The second kappa shape index (κ2) is 8.47. The Morgan fingerprint density at radius 1 is 1.16 bits per heavy atom. The van der Waals surface area contributed by atoms with E-state index in [0.717, 1.165) is 18.3 Å². The molecule has 0 saturated carbocycles. The first-order valence-electron chi connectivity index (χ1n) is 11.0. The molecule has 2 saturated heterocycles. The van der Waals surface area contributed by atoms with Crippen molar-refractivity contribution in [3.63, 3.8) is 0 Å². The Bertz CT molecular complexity index is 818. The summed E-state index contributed by atoms with van der Waals surface area (Å²) in [6.45, 7) is 14.6. The van der Waals surface area contributed by atoms with Gasteiger partial charge in [0.1, 0.15) is 5.60 Å². The highest BCUT2D eigenvalue weighted by molar-refractivity contribution is 6.62. The number of nitrogens with one attached hydrogen (secondary N) is 1. The highest BCUT2D eigenvalue weighted by Gasteiger charge is 2.51. The normalized spacial score (nSPS) is 22.9. The van der Waals surface area contributed by atoms with Gasteiger partial charge in [0.2, 0.25) is 0 Å². The number of nitrogens with zero attached hydrogens (tertiary/aromatic N) is 1. The minimum Gasteiger partial charge on any atom is -0.444 e. The second-order valence-corrected chi connectivity index (χ2v) is 10.5. The first-order valence-corrected chi connectivity index (χ1v) is 11.0. The first kappa shape index (κ1) is 23.6. The van der Waals surface area contributed by atoms with Gasteiger partial charge in [-0.05, 0) is 78.9 Å². The zero-order valence-corrected chi connectivity index (χ0v) is 19.8. The van der Waals surface area contributed by atoms with E-state index < -0.39 is 30.0 Å². The minimum absolute atomic E-state index is 0.0611. The topological polar surface area (TPSA) is 77.1 Å². The van der Waals surface area contributed by atoms with Gasteiger partial charge in [0.25, 0.3) is 5.91 Å². The summed E-state index contributed by atoms with van der Waals surface area (Å²) >= 11 is 0. The molecular weight excluding hydrogens is 395 g/mol. The highest BCUT2D eigenvalue weighted by Crippen LogP contribution is 2.36. The van der Waals surface area contributed by atoms with Gasteiger partial charge in [-0.25, -0.2) is 4.79 Å². The number of rotatable bonds is 3. The molecule has 3 rings (SSSR count). The third kappa shape index (κ3) is 5.60. The van der Waals surface area contributed by atoms with Gasteiger partial charge in [0, 0.05) is 24.7 Å². The van der Waals surface area contributed by atoms with Gasteiger partial charge in [-0.2, -0.15) is 0 Å². The van der Waals surface area contributed by atoms with Crippen LogP contribution in [0.1, 0.15) is 71.7 Å². The second-order valence-electron chi connectivity index (χ2n) is 10.5. The molecule has 1 atom stereocenters. The van der Waals surface area contributed by atoms with Crippen molar-refractivity contribution in [3.8, 4) is 0 Å². The van der Waals surface area contributed by atoms with Gasteiger partial charge in [0.15, 0.2) is 0 Å². The van der Waals surface area contributed by atoms with E-state index in [0.29, 0.717) is 18.7 Å². The molecule has 0 bridgehead atoms. The number of carbonyl (C=O) groups excluding carboxylic acids is 2. The summed E-state index contributed by atoms with van der Waals surface area (Å²) in [6.07, 6.45) is 1.19. The molecular formula is C23H35BN2O5. The zero-order chi connectivity index (χ0) is 23.0. The predicted molar refractivity (Wildman–Crippen MR) is 120 cm³/mol. The van der Waals surface area contributed by atoms with Crippen molar-refractivity contribution in [3.05, 3.63) is 29.8 Å². The largest absolute Gasteiger partial charge is 0.494 e. The van der Waals surface area contributed by atoms with E-state index in [-0.39, 0.29) is 11.9 Å². The Labute approximate surface area is 185 Å². The number of hydrogen-bond acceptors (Lipinski definition) is 5. The standard InChI is InChI=1S/C23H35BN2O5/c1-21(2,3)29-20(28)25-18-12-9-13-26(15-18)19(27)16-10-8-11-17(14-16)24-30-22(4,5)23(6,7)31-24/h8,10-11,14,18H,9,12-13,15H2,1-7H3,(H,25,28)/t18-/m1/s1. The van der Waals surface area contributed by atoms with Gasteiger partial charge >= 0.3 is 13.2 Å². The third-order valence-electron chi connectivity index (χ3n) is 6.09. The Hall–Kier alpha value is -2.06.